The zero-order valence-electron chi connectivity index (χ0n) is 8.31. The van der Waals surface area contributed by atoms with E-state index in [0.29, 0.717) is 0 Å². The van der Waals surface area contributed by atoms with Crippen LogP contribution in [0.25, 0.3) is 0 Å². The van der Waals surface area contributed by atoms with Crippen molar-refractivity contribution in [1.82, 2.24) is 0 Å². The summed E-state index contributed by atoms with van der Waals surface area (Å²) in [7, 11) is 0. The molecule has 0 saturated carbocycles. The number of rotatable bonds is 4. The van der Waals surface area contributed by atoms with Gasteiger partial charge in [0.2, 0.25) is 0 Å². The first-order valence-corrected chi connectivity index (χ1v) is 5.75. The Hall–Kier alpha value is -0.690. The van der Waals surface area contributed by atoms with Crippen molar-refractivity contribution in [1.29, 1.82) is 0 Å². The van der Waals surface area contributed by atoms with Crippen molar-refractivity contribution in [2.24, 2.45) is 0 Å². The summed E-state index contributed by atoms with van der Waals surface area (Å²) in [5.41, 5.74) is 2.50. The highest BCUT2D eigenvalue weighted by atomic mass is 127. The summed E-state index contributed by atoms with van der Waals surface area (Å²) in [4.78, 5) is 0. The van der Waals surface area contributed by atoms with Crippen molar-refractivity contribution < 1.29 is 0 Å². The van der Waals surface area contributed by atoms with Gasteiger partial charge in [-0.2, -0.15) is 0 Å². The summed E-state index contributed by atoms with van der Waals surface area (Å²) in [5.74, 6) is 2.64. The van der Waals surface area contributed by atoms with Crippen molar-refractivity contribution in [2.75, 3.05) is 11.9 Å². The van der Waals surface area contributed by atoms with E-state index in [0.717, 1.165) is 19.4 Å². The van der Waals surface area contributed by atoms with Crippen LogP contribution in [0.5, 0.6) is 0 Å². The normalized spacial score (nSPS) is 9.50. The lowest BCUT2D eigenvalue weighted by Crippen LogP contribution is -2.02. The number of hydrogen-bond donors (Lipinski definition) is 1. The zero-order chi connectivity index (χ0) is 10.4. The Morgan fingerprint density at radius 3 is 2.93 bits per heavy atom. The van der Waals surface area contributed by atoms with E-state index in [-0.39, 0.29) is 0 Å². The Morgan fingerprint density at radius 1 is 1.50 bits per heavy atom. The molecule has 0 heterocycles. The highest BCUT2D eigenvalue weighted by Crippen LogP contribution is 2.17. The smallest absolute Gasteiger partial charge is 0.0370 e. The molecule has 74 valence electrons. The van der Waals surface area contributed by atoms with Gasteiger partial charge >= 0.3 is 0 Å². The van der Waals surface area contributed by atoms with Gasteiger partial charge in [-0.15, -0.1) is 12.3 Å². The van der Waals surface area contributed by atoms with Crippen LogP contribution in [0.15, 0.2) is 18.2 Å². The number of hydrogen-bond acceptors (Lipinski definition) is 1. The monoisotopic (exact) mass is 299 g/mol. The molecule has 1 aromatic carbocycles. The SMILES string of the molecule is C#CCCCNc1ccc(I)cc1C. The van der Waals surface area contributed by atoms with Crippen LogP contribution in [0.3, 0.4) is 0 Å². The van der Waals surface area contributed by atoms with E-state index in [9.17, 15) is 0 Å². The van der Waals surface area contributed by atoms with Gasteiger partial charge in [-0.05, 0) is 59.7 Å². The van der Waals surface area contributed by atoms with Gasteiger partial charge in [0.1, 0.15) is 0 Å². The first kappa shape index (κ1) is 11.4. The van der Waals surface area contributed by atoms with Crippen molar-refractivity contribution in [3.05, 3.63) is 27.3 Å². The standard InChI is InChI=1S/C12H14IN/c1-3-4-5-8-14-12-7-6-11(13)9-10(12)2/h1,6-7,9,14H,4-5,8H2,2H3. The predicted octanol–water partition coefficient (Wildman–Crippen LogP) is 3.42. The number of halogens is 1. The first-order valence-electron chi connectivity index (χ1n) is 4.67. The molecule has 1 rings (SSSR count). The summed E-state index contributed by atoms with van der Waals surface area (Å²) in [6, 6.07) is 6.40. The summed E-state index contributed by atoms with van der Waals surface area (Å²) in [6.07, 6.45) is 7.05. The molecule has 0 spiro atoms. The van der Waals surface area contributed by atoms with Gasteiger partial charge in [0, 0.05) is 22.2 Å². The molecule has 1 N–H and O–H groups in total. The quantitative estimate of drug-likeness (QED) is 0.510. The molecule has 0 atom stereocenters. The van der Waals surface area contributed by atoms with E-state index in [1.165, 1.54) is 14.8 Å². The average Bonchev–Trinajstić information content (AvgIpc) is 2.15. The number of benzene rings is 1. The molecule has 0 aliphatic rings. The number of unbranched alkanes of at least 4 members (excludes halogenated alkanes) is 1. The summed E-state index contributed by atoms with van der Waals surface area (Å²) in [5, 5.41) is 3.38. The number of terminal acetylenes is 1. The minimum atomic E-state index is 0.844. The molecular weight excluding hydrogens is 285 g/mol. The van der Waals surface area contributed by atoms with Crippen LogP contribution in [-0.2, 0) is 0 Å². The third-order valence-corrected chi connectivity index (χ3v) is 2.67. The molecule has 0 radical (unpaired) electrons. The highest BCUT2D eigenvalue weighted by Gasteiger charge is 1.96. The van der Waals surface area contributed by atoms with E-state index in [1.807, 2.05) is 0 Å². The predicted molar refractivity (Wildman–Crippen MR) is 70.5 cm³/mol. The minimum absolute atomic E-state index is 0.844. The fourth-order valence-electron chi connectivity index (χ4n) is 1.24. The maximum atomic E-state index is 5.18. The van der Waals surface area contributed by atoms with E-state index < -0.39 is 0 Å². The Kier molecular flexibility index (Phi) is 4.81. The van der Waals surface area contributed by atoms with Gasteiger partial charge in [-0.1, -0.05) is 0 Å². The van der Waals surface area contributed by atoms with Crippen molar-refractivity contribution in [3.63, 3.8) is 0 Å². The fraction of sp³-hybridized carbons (Fsp3) is 0.333. The van der Waals surface area contributed by atoms with Crippen LogP contribution < -0.4 is 5.32 Å². The van der Waals surface area contributed by atoms with E-state index in [2.05, 4.69) is 59.0 Å². The number of anilines is 1. The lowest BCUT2D eigenvalue weighted by molar-refractivity contribution is 0.906. The van der Waals surface area contributed by atoms with Crippen LogP contribution in [-0.4, -0.2) is 6.54 Å². The van der Waals surface area contributed by atoms with Crippen LogP contribution in [0.4, 0.5) is 5.69 Å². The van der Waals surface area contributed by atoms with Crippen LogP contribution in [0.2, 0.25) is 0 Å². The molecular formula is C12H14IN. The van der Waals surface area contributed by atoms with Crippen LogP contribution in [0, 0.1) is 22.8 Å². The summed E-state index contributed by atoms with van der Waals surface area (Å²) in [6.45, 7) is 3.07. The van der Waals surface area contributed by atoms with E-state index in [1.54, 1.807) is 0 Å². The van der Waals surface area contributed by atoms with Crippen molar-refractivity contribution >= 4 is 28.3 Å². The van der Waals surface area contributed by atoms with Crippen LogP contribution >= 0.6 is 22.6 Å². The second-order valence-corrected chi connectivity index (χ2v) is 4.44. The summed E-state index contributed by atoms with van der Waals surface area (Å²) < 4.78 is 1.27. The molecule has 0 aromatic heterocycles. The minimum Gasteiger partial charge on any atom is -0.385 e. The third kappa shape index (κ3) is 3.59. The second-order valence-electron chi connectivity index (χ2n) is 3.19. The molecule has 0 amide bonds. The van der Waals surface area contributed by atoms with Gasteiger partial charge in [-0.25, -0.2) is 0 Å². The van der Waals surface area contributed by atoms with Gasteiger partial charge in [0.05, 0.1) is 0 Å². The molecule has 0 unspecified atom stereocenters. The second kappa shape index (κ2) is 5.92. The first-order chi connectivity index (χ1) is 6.74. The molecule has 0 bridgehead atoms. The van der Waals surface area contributed by atoms with Crippen molar-refractivity contribution in [2.45, 2.75) is 19.8 Å². The number of aryl methyl sites for hydroxylation is 1. The fourth-order valence-corrected chi connectivity index (χ4v) is 1.89. The third-order valence-electron chi connectivity index (χ3n) is 2.00. The van der Waals surface area contributed by atoms with E-state index in [4.69, 9.17) is 6.42 Å². The molecule has 0 saturated heterocycles. The van der Waals surface area contributed by atoms with E-state index >= 15 is 0 Å². The van der Waals surface area contributed by atoms with Crippen LogP contribution in [0.1, 0.15) is 18.4 Å². The Morgan fingerprint density at radius 2 is 2.29 bits per heavy atom. The van der Waals surface area contributed by atoms with Crippen molar-refractivity contribution in [3.8, 4) is 12.3 Å². The Labute approximate surface area is 99.4 Å². The van der Waals surface area contributed by atoms with Gasteiger partial charge < -0.3 is 5.32 Å². The lowest BCUT2D eigenvalue weighted by atomic mass is 10.2. The Balaban J connectivity index is 2.47. The summed E-state index contributed by atoms with van der Waals surface area (Å²) >= 11 is 2.32. The number of nitrogens with one attached hydrogen (secondary N) is 1. The Bertz CT molecular complexity index is 339. The van der Waals surface area contributed by atoms with Gasteiger partial charge in [0.25, 0.3) is 0 Å². The molecule has 14 heavy (non-hydrogen) atoms. The highest BCUT2D eigenvalue weighted by molar-refractivity contribution is 14.1. The molecule has 0 aliphatic carbocycles. The largest absolute Gasteiger partial charge is 0.385 e. The maximum Gasteiger partial charge on any atom is 0.0370 e. The molecule has 2 heteroatoms. The lowest BCUT2D eigenvalue weighted by Gasteiger charge is -2.08. The molecule has 0 fully saturated rings. The molecule has 1 nitrogen and oxygen atoms in total. The maximum absolute atomic E-state index is 5.18. The average molecular weight is 299 g/mol. The van der Waals surface area contributed by atoms with Gasteiger partial charge in [-0.3, -0.25) is 0 Å². The zero-order valence-corrected chi connectivity index (χ0v) is 10.5. The molecule has 1 aromatic rings. The molecule has 0 aliphatic heterocycles. The topological polar surface area (TPSA) is 12.0 Å². The van der Waals surface area contributed by atoms with Gasteiger partial charge in [0.15, 0.2) is 0 Å².